The molecule has 1 fully saturated rings. The number of hydrogen-bond acceptors (Lipinski definition) is 5. The SMILES string of the molecule is CCc1cccc(C2(N3CCN(Cc4ccccc4)CC3)C(=O)c3ccccc3C2=O)n1. The largest absolute Gasteiger partial charge is 0.297 e. The highest BCUT2D eigenvalue weighted by atomic mass is 16.2. The van der Waals surface area contributed by atoms with Crippen LogP contribution in [0.25, 0.3) is 0 Å². The van der Waals surface area contributed by atoms with Crippen LogP contribution < -0.4 is 0 Å². The zero-order valence-corrected chi connectivity index (χ0v) is 18.3. The fourth-order valence-electron chi connectivity index (χ4n) is 5.01. The maximum atomic E-state index is 13.9. The van der Waals surface area contributed by atoms with Gasteiger partial charge >= 0.3 is 0 Å². The molecule has 0 amide bonds. The van der Waals surface area contributed by atoms with Crippen molar-refractivity contribution in [2.24, 2.45) is 0 Å². The van der Waals surface area contributed by atoms with Gasteiger partial charge in [0, 0.05) is 49.5 Å². The Hall–Kier alpha value is -3.15. The number of carbonyl (C=O) groups excluding carboxylic acids is 2. The number of benzene rings is 2. The van der Waals surface area contributed by atoms with E-state index in [-0.39, 0.29) is 11.6 Å². The van der Waals surface area contributed by atoms with Crippen LogP contribution in [0, 0.1) is 0 Å². The Morgan fingerprint density at radius 3 is 2.03 bits per heavy atom. The second kappa shape index (κ2) is 8.41. The van der Waals surface area contributed by atoms with E-state index in [0.717, 1.165) is 31.7 Å². The van der Waals surface area contributed by atoms with Crippen molar-refractivity contribution in [3.05, 3.63) is 101 Å². The van der Waals surface area contributed by atoms with E-state index in [1.54, 1.807) is 12.1 Å². The Bertz CT molecular complexity index is 1120. The third-order valence-corrected chi connectivity index (χ3v) is 6.71. The van der Waals surface area contributed by atoms with Crippen LogP contribution in [-0.2, 0) is 18.5 Å². The van der Waals surface area contributed by atoms with E-state index in [1.165, 1.54) is 5.56 Å². The molecule has 32 heavy (non-hydrogen) atoms. The van der Waals surface area contributed by atoms with Crippen LogP contribution in [0.3, 0.4) is 0 Å². The highest BCUT2D eigenvalue weighted by Crippen LogP contribution is 2.42. The number of pyridine rings is 1. The van der Waals surface area contributed by atoms with Gasteiger partial charge in [-0.3, -0.25) is 24.4 Å². The van der Waals surface area contributed by atoms with Gasteiger partial charge in [0.15, 0.2) is 17.1 Å². The van der Waals surface area contributed by atoms with Crippen LogP contribution in [0.15, 0.2) is 72.8 Å². The van der Waals surface area contributed by atoms with Crippen molar-refractivity contribution in [1.29, 1.82) is 0 Å². The van der Waals surface area contributed by atoms with Gasteiger partial charge in [0.25, 0.3) is 0 Å². The summed E-state index contributed by atoms with van der Waals surface area (Å²) in [6.07, 6.45) is 0.754. The van der Waals surface area contributed by atoms with E-state index in [1.807, 2.05) is 43.3 Å². The van der Waals surface area contributed by atoms with Gasteiger partial charge in [-0.15, -0.1) is 0 Å². The highest BCUT2D eigenvalue weighted by molar-refractivity contribution is 6.32. The molecule has 2 aliphatic rings. The van der Waals surface area contributed by atoms with Gasteiger partial charge in [0.2, 0.25) is 0 Å². The third kappa shape index (κ3) is 3.29. The minimum Gasteiger partial charge on any atom is -0.297 e. The minimum atomic E-state index is -1.37. The molecule has 5 nitrogen and oxygen atoms in total. The molecule has 5 heteroatoms. The number of aromatic nitrogens is 1. The average Bonchev–Trinajstić information content (AvgIpc) is 3.08. The third-order valence-electron chi connectivity index (χ3n) is 6.71. The molecule has 0 saturated carbocycles. The maximum Gasteiger partial charge on any atom is 0.198 e. The molecule has 5 rings (SSSR count). The Morgan fingerprint density at radius 1 is 0.781 bits per heavy atom. The normalized spacial score (nSPS) is 18.7. The summed E-state index contributed by atoms with van der Waals surface area (Å²) < 4.78 is 0. The van der Waals surface area contributed by atoms with Crippen molar-refractivity contribution in [2.75, 3.05) is 26.2 Å². The topological polar surface area (TPSA) is 53.5 Å². The molecule has 0 atom stereocenters. The summed E-state index contributed by atoms with van der Waals surface area (Å²) in [5.74, 6) is -0.286. The number of ketones is 2. The first-order valence-corrected chi connectivity index (χ1v) is 11.3. The average molecular weight is 426 g/mol. The van der Waals surface area contributed by atoms with E-state index in [9.17, 15) is 9.59 Å². The molecule has 162 valence electrons. The van der Waals surface area contributed by atoms with Crippen molar-refractivity contribution in [3.8, 4) is 0 Å². The maximum absolute atomic E-state index is 13.9. The molecular formula is C27H27N3O2. The summed E-state index contributed by atoms with van der Waals surface area (Å²) in [6.45, 7) is 5.76. The van der Waals surface area contributed by atoms with Gasteiger partial charge in [-0.1, -0.05) is 67.6 Å². The Labute approximate surface area is 188 Å². The van der Waals surface area contributed by atoms with Gasteiger partial charge in [-0.05, 0) is 24.1 Å². The molecule has 2 aromatic carbocycles. The Balaban J connectivity index is 1.50. The Kier molecular flexibility index (Phi) is 5.45. The quantitative estimate of drug-likeness (QED) is 0.583. The van der Waals surface area contributed by atoms with Crippen molar-refractivity contribution < 1.29 is 9.59 Å². The van der Waals surface area contributed by atoms with Crippen LogP contribution in [-0.4, -0.2) is 52.5 Å². The first-order chi connectivity index (χ1) is 15.6. The second-order valence-corrected chi connectivity index (χ2v) is 8.53. The molecule has 0 spiro atoms. The lowest BCUT2D eigenvalue weighted by atomic mass is 9.85. The van der Waals surface area contributed by atoms with Crippen LogP contribution in [0.2, 0.25) is 0 Å². The number of carbonyl (C=O) groups is 2. The number of piperazine rings is 1. The van der Waals surface area contributed by atoms with E-state index in [2.05, 4.69) is 34.1 Å². The fourth-order valence-corrected chi connectivity index (χ4v) is 5.01. The number of rotatable bonds is 5. The van der Waals surface area contributed by atoms with Gasteiger partial charge in [0.05, 0.1) is 5.69 Å². The molecule has 1 aromatic heterocycles. The molecule has 0 bridgehead atoms. The van der Waals surface area contributed by atoms with E-state index in [0.29, 0.717) is 29.9 Å². The van der Waals surface area contributed by atoms with E-state index >= 15 is 0 Å². The number of nitrogens with zero attached hydrogens (tertiary/aromatic N) is 3. The first-order valence-electron chi connectivity index (χ1n) is 11.3. The first kappa shape index (κ1) is 20.7. The lowest BCUT2D eigenvalue weighted by Gasteiger charge is -2.43. The molecule has 0 unspecified atom stereocenters. The smallest absolute Gasteiger partial charge is 0.198 e. The lowest BCUT2D eigenvalue weighted by Crippen LogP contribution is -2.60. The van der Waals surface area contributed by atoms with Crippen LogP contribution in [0.5, 0.6) is 0 Å². The van der Waals surface area contributed by atoms with E-state index in [4.69, 9.17) is 4.98 Å². The second-order valence-electron chi connectivity index (χ2n) is 8.53. The predicted octanol–water partition coefficient (Wildman–Crippen LogP) is 3.74. The van der Waals surface area contributed by atoms with E-state index < -0.39 is 5.54 Å². The minimum absolute atomic E-state index is 0.143. The van der Waals surface area contributed by atoms with Crippen LogP contribution in [0.4, 0.5) is 0 Å². The number of Topliss-reactive ketones (excluding diaryl/α,β-unsaturated/α-hetero) is 2. The number of aryl methyl sites for hydroxylation is 1. The van der Waals surface area contributed by atoms with Crippen molar-refractivity contribution in [3.63, 3.8) is 0 Å². The van der Waals surface area contributed by atoms with Crippen LogP contribution >= 0.6 is 0 Å². The molecule has 1 aliphatic carbocycles. The summed E-state index contributed by atoms with van der Waals surface area (Å²) in [7, 11) is 0. The van der Waals surface area contributed by atoms with Gasteiger partial charge in [0.1, 0.15) is 0 Å². The van der Waals surface area contributed by atoms with Gasteiger partial charge in [-0.2, -0.15) is 0 Å². The molecule has 1 aliphatic heterocycles. The summed E-state index contributed by atoms with van der Waals surface area (Å²) in [6, 6.07) is 23.3. The summed E-state index contributed by atoms with van der Waals surface area (Å²) in [5, 5.41) is 0. The molecule has 0 radical (unpaired) electrons. The van der Waals surface area contributed by atoms with Gasteiger partial charge in [-0.25, -0.2) is 0 Å². The molecule has 1 saturated heterocycles. The number of hydrogen-bond donors (Lipinski definition) is 0. The zero-order chi connectivity index (χ0) is 22.1. The van der Waals surface area contributed by atoms with Gasteiger partial charge < -0.3 is 0 Å². The molecule has 0 N–H and O–H groups in total. The molecular weight excluding hydrogens is 398 g/mol. The summed E-state index contributed by atoms with van der Waals surface area (Å²) in [4.78, 5) is 37.0. The zero-order valence-electron chi connectivity index (χ0n) is 18.3. The summed E-state index contributed by atoms with van der Waals surface area (Å²) in [5.41, 5.74) is 2.36. The van der Waals surface area contributed by atoms with Crippen LogP contribution in [0.1, 0.15) is 44.6 Å². The van der Waals surface area contributed by atoms with Crippen molar-refractivity contribution in [1.82, 2.24) is 14.8 Å². The lowest BCUT2D eigenvalue weighted by molar-refractivity contribution is 0.0266. The monoisotopic (exact) mass is 425 g/mol. The Morgan fingerprint density at radius 2 is 1.41 bits per heavy atom. The standard InChI is InChI=1S/C27H27N3O2/c1-2-21-11-8-14-24(28-21)27(25(31)22-12-6-7-13-23(22)26(27)32)30-17-15-29(16-18-30)19-20-9-4-3-5-10-20/h3-14H,2,15-19H2,1H3. The summed E-state index contributed by atoms with van der Waals surface area (Å²) >= 11 is 0. The fraction of sp³-hybridized carbons (Fsp3) is 0.296. The predicted molar refractivity (Wildman–Crippen MR) is 124 cm³/mol. The highest BCUT2D eigenvalue weighted by Gasteiger charge is 2.59. The molecule has 2 heterocycles. The van der Waals surface area contributed by atoms with Crippen molar-refractivity contribution >= 4 is 11.6 Å². The molecule has 3 aromatic rings. The van der Waals surface area contributed by atoms with Crippen molar-refractivity contribution in [2.45, 2.75) is 25.4 Å². The number of fused-ring (bicyclic) bond motifs is 1.